The van der Waals surface area contributed by atoms with E-state index in [0.717, 1.165) is 17.0 Å². The summed E-state index contributed by atoms with van der Waals surface area (Å²) in [4.78, 5) is 11.9. The normalized spacial score (nSPS) is 10.5. The average molecular weight is 261 g/mol. The Morgan fingerprint density at radius 1 is 1.32 bits per heavy atom. The van der Waals surface area contributed by atoms with Crippen LogP contribution in [0.1, 0.15) is 17.0 Å². The van der Waals surface area contributed by atoms with Gasteiger partial charge in [0.2, 0.25) is 5.91 Å². The Balaban J connectivity index is 2.09. The molecule has 100 valence electrons. The zero-order valence-corrected chi connectivity index (χ0v) is 11.2. The van der Waals surface area contributed by atoms with Crippen LogP contribution in [-0.2, 0) is 11.3 Å². The minimum Gasteiger partial charge on any atom is -0.324 e. The van der Waals surface area contributed by atoms with E-state index in [4.69, 9.17) is 0 Å². The van der Waals surface area contributed by atoms with E-state index >= 15 is 0 Å². The summed E-state index contributed by atoms with van der Waals surface area (Å²) in [5.74, 6) is -0.591. The lowest BCUT2D eigenvalue weighted by molar-refractivity contribution is -0.116. The molecule has 0 spiro atoms. The number of hydrogen-bond acceptors (Lipinski definition) is 2. The second-order valence-corrected chi connectivity index (χ2v) is 4.59. The fourth-order valence-electron chi connectivity index (χ4n) is 1.89. The Hall–Kier alpha value is -2.17. The summed E-state index contributed by atoms with van der Waals surface area (Å²) in [6, 6.07) is 6.22. The van der Waals surface area contributed by atoms with E-state index < -0.39 is 0 Å². The first-order valence-corrected chi connectivity index (χ1v) is 6.03. The standard InChI is InChI=1S/C14H16FN3O/c1-9-4-5-12(15)7-13(9)16-14(19)8-18-11(3)6-10(2)17-18/h4-7H,8H2,1-3H3,(H,16,19). The third-order valence-corrected chi connectivity index (χ3v) is 2.87. The predicted octanol–water partition coefficient (Wildman–Crippen LogP) is 2.59. The first kappa shape index (κ1) is 13.3. The van der Waals surface area contributed by atoms with Gasteiger partial charge < -0.3 is 5.32 Å². The molecule has 19 heavy (non-hydrogen) atoms. The van der Waals surface area contributed by atoms with Gasteiger partial charge in [-0.2, -0.15) is 5.10 Å². The lowest BCUT2D eigenvalue weighted by Crippen LogP contribution is -2.20. The summed E-state index contributed by atoms with van der Waals surface area (Å²) in [5.41, 5.74) is 3.10. The number of aryl methyl sites for hydroxylation is 3. The van der Waals surface area contributed by atoms with Crippen molar-refractivity contribution < 1.29 is 9.18 Å². The molecule has 0 aliphatic heterocycles. The van der Waals surface area contributed by atoms with E-state index in [9.17, 15) is 9.18 Å². The number of rotatable bonds is 3. The predicted molar refractivity (Wildman–Crippen MR) is 71.5 cm³/mol. The number of nitrogens with zero attached hydrogens (tertiary/aromatic N) is 2. The van der Waals surface area contributed by atoms with Crippen molar-refractivity contribution in [3.8, 4) is 0 Å². The van der Waals surface area contributed by atoms with Crippen LogP contribution < -0.4 is 5.32 Å². The molecule has 1 aromatic carbocycles. The molecule has 0 saturated heterocycles. The zero-order valence-electron chi connectivity index (χ0n) is 11.2. The highest BCUT2D eigenvalue weighted by atomic mass is 19.1. The van der Waals surface area contributed by atoms with Crippen molar-refractivity contribution in [2.24, 2.45) is 0 Å². The summed E-state index contributed by atoms with van der Waals surface area (Å²) < 4.78 is 14.7. The van der Waals surface area contributed by atoms with Crippen LogP contribution in [0.4, 0.5) is 10.1 Å². The van der Waals surface area contributed by atoms with Gasteiger partial charge in [0.15, 0.2) is 0 Å². The molecule has 0 radical (unpaired) electrons. The molecule has 4 nitrogen and oxygen atoms in total. The van der Waals surface area contributed by atoms with E-state index in [1.807, 2.05) is 26.8 Å². The smallest absolute Gasteiger partial charge is 0.246 e. The van der Waals surface area contributed by atoms with Gasteiger partial charge in [-0.05, 0) is 44.5 Å². The topological polar surface area (TPSA) is 46.9 Å². The van der Waals surface area contributed by atoms with Crippen LogP contribution in [0, 0.1) is 26.6 Å². The van der Waals surface area contributed by atoms with Crippen LogP contribution in [0.5, 0.6) is 0 Å². The summed E-state index contributed by atoms with van der Waals surface area (Å²) in [5, 5.41) is 6.91. The van der Waals surface area contributed by atoms with Gasteiger partial charge >= 0.3 is 0 Å². The number of carbonyl (C=O) groups is 1. The SMILES string of the molecule is Cc1cc(C)n(CC(=O)Nc2cc(F)ccc2C)n1. The van der Waals surface area contributed by atoms with E-state index in [1.165, 1.54) is 12.1 Å². The van der Waals surface area contributed by atoms with Crippen LogP contribution in [0.2, 0.25) is 0 Å². The van der Waals surface area contributed by atoms with Crippen molar-refractivity contribution in [2.75, 3.05) is 5.32 Å². The third kappa shape index (κ3) is 3.19. The van der Waals surface area contributed by atoms with Crippen LogP contribution in [0.25, 0.3) is 0 Å². The van der Waals surface area contributed by atoms with E-state index in [2.05, 4.69) is 10.4 Å². The van der Waals surface area contributed by atoms with Crippen molar-refractivity contribution >= 4 is 11.6 Å². The summed E-state index contributed by atoms with van der Waals surface area (Å²) in [7, 11) is 0. The van der Waals surface area contributed by atoms with Crippen LogP contribution in [0.15, 0.2) is 24.3 Å². The van der Waals surface area contributed by atoms with E-state index in [1.54, 1.807) is 10.7 Å². The number of carbonyl (C=O) groups excluding carboxylic acids is 1. The Kier molecular flexibility index (Phi) is 3.64. The maximum Gasteiger partial charge on any atom is 0.246 e. The fraction of sp³-hybridized carbons (Fsp3) is 0.286. The number of amides is 1. The van der Waals surface area contributed by atoms with Gasteiger partial charge in [0.05, 0.1) is 5.69 Å². The Morgan fingerprint density at radius 2 is 2.05 bits per heavy atom. The Labute approximate surface area is 111 Å². The molecular formula is C14H16FN3O. The van der Waals surface area contributed by atoms with Gasteiger partial charge in [-0.15, -0.1) is 0 Å². The van der Waals surface area contributed by atoms with Crippen molar-refractivity contribution in [3.63, 3.8) is 0 Å². The number of aromatic nitrogens is 2. The van der Waals surface area contributed by atoms with Crippen molar-refractivity contribution in [1.29, 1.82) is 0 Å². The summed E-state index contributed by atoms with van der Waals surface area (Å²) >= 11 is 0. The minimum absolute atomic E-state index is 0.121. The lowest BCUT2D eigenvalue weighted by Gasteiger charge is -2.09. The molecular weight excluding hydrogens is 245 g/mol. The third-order valence-electron chi connectivity index (χ3n) is 2.87. The zero-order chi connectivity index (χ0) is 14.0. The quantitative estimate of drug-likeness (QED) is 0.923. The van der Waals surface area contributed by atoms with Gasteiger partial charge in [0.1, 0.15) is 12.4 Å². The highest BCUT2D eigenvalue weighted by molar-refractivity contribution is 5.91. The maximum atomic E-state index is 13.1. The van der Waals surface area contributed by atoms with Gasteiger partial charge in [0, 0.05) is 11.4 Å². The van der Waals surface area contributed by atoms with Gasteiger partial charge in [-0.3, -0.25) is 9.48 Å². The molecule has 0 atom stereocenters. The molecule has 1 heterocycles. The van der Waals surface area contributed by atoms with E-state index in [0.29, 0.717) is 5.69 Å². The first-order valence-electron chi connectivity index (χ1n) is 6.03. The fourth-order valence-corrected chi connectivity index (χ4v) is 1.89. The highest BCUT2D eigenvalue weighted by Gasteiger charge is 2.09. The molecule has 0 aliphatic carbocycles. The lowest BCUT2D eigenvalue weighted by atomic mass is 10.2. The molecule has 0 aliphatic rings. The van der Waals surface area contributed by atoms with Gasteiger partial charge in [-0.1, -0.05) is 6.07 Å². The largest absolute Gasteiger partial charge is 0.324 e. The number of halogens is 1. The van der Waals surface area contributed by atoms with Crippen molar-refractivity contribution in [1.82, 2.24) is 9.78 Å². The highest BCUT2D eigenvalue weighted by Crippen LogP contribution is 2.16. The molecule has 1 N–H and O–H groups in total. The van der Waals surface area contributed by atoms with Crippen molar-refractivity contribution in [2.45, 2.75) is 27.3 Å². The molecule has 0 unspecified atom stereocenters. The number of nitrogens with one attached hydrogen (secondary N) is 1. The summed E-state index contributed by atoms with van der Waals surface area (Å²) in [6.45, 7) is 5.70. The van der Waals surface area contributed by atoms with Crippen LogP contribution in [-0.4, -0.2) is 15.7 Å². The molecule has 5 heteroatoms. The van der Waals surface area contributed by atoms with Crippen molar-refractivity contribution in [3.05, 3.63) is 47.0 Å². The molecule has 0 saturated carbocycles. The minimum atomic E-state index is -0.369. The van der Waals surface area contributed by atoms with E-state index in [-0.39, 0.29) is 18.3 Å². The molecule has 1 amide bonds. The maximum absolute atomic E-state index is 13.1. The Morgan fingerprint density at radius 3 is 2.68 bits per heavy atom. The van der Waals surface area contributed by atoms with Gasteiger partial charge in [-0.25, -0.2) is 4.39 Å². The molecule has 2 rings (SSSR count). The average Bonchev–Trinajstić information content (AvgIpc) is 2.62. The monoisotopic (exact) mass is 261 g/mol. The number of benzene rings is 1. The number of anilines is 1. The first-order chi connectivity index (χ1) is 8.95. The molecule has 0 bridgehead atoms. The second kappa shape index (κ2) is 5.22. The molecule has 1 aromatic heterocycles. The molecule has 2 aromatic rings. The van der Waals surface area contributed by atoms with Gasteiger partial charge in [0.25, 0.3) is 0 Å². The number of hydrogen-bond donors (Lipinski definition) is 1. The second-order valence-electron chi connectivity index (χ2n) is 4.59. The molecule has 0 fully saturated rings. The summed E-state index contributed by atoms with van der Waals surface area (Å²) in [6.07, 6.45) is 0. The van der Waals surface area contributed by atoms with Crippen LogP contribution in [0.3, 0.4) is 0 Å². The Bertz CT molecular complexity index is 619. The van der Waals surface area contributed by atoms with Crippen LogP contribution >= 0.6 is 0 Å².